The molecule has 1 saturated heterocycles. The summed E-state index contributed by atoms with van der Waals surface area (Å²) >= 11 is 0. The molecule has 4 rings (SSSR count). The van der Waals surface area contributed by atoms with Gasteiger partial charge in [-0.25, -0.2) is 4.98 Å². The zero-order valence-electron chi connectivity index (χ0n) is 13.5. The second-order valence-corrected chi connectivity index (χ2v) is 7.48. The van der Waals surface area contributed by atoms with Crippen LogP contribution in [0.4, 0.5) is 11.8 Å². The van der Waals surface area contributed by atoms with E-state index in [1.165, 1.54) is 49.8 Å². The highest BCUT2D eigenvalue weighted by Crippen LogP contribution is 2.49. The number of nitrogen functional groups attached to an aromatic ring is 1. The van der Waals surface area contributed by atoms with E-state index in [4.69, 9.17) is 10.7 Å². The molecule has 0 bridgehead atoms. The molecule has 120 valence electrons. The molecule has 0 radical (unpaired) electrons. The molecule has 1 aromatic heterocycles. The van der Waals surface area contributed by atoms with Crippen LogP contribution in [-0.4, -0.2) is 28.6 Å². The van der Waals surface area contributed by atoms with E-state index in [1.807, 2.05) is 0 Å². The van der Waals surface area contributed by atoms with Gasteiger partial charge in [0.25, 0.3) is 0 Å². The molecule has 1 aliphatic heterocycles. The highest BCUT2D eigenvalue weighted by Gasteiger charge is 2.41. The number of rotatable bonds is 2. The lowest BCUT2D eigenvalue weighted by Crippen LogP contribution is -2.32. The monoisotopic (exact) mass is 301 g/mol. The highest BCUT2D eigenvalue weighted by molar-refractivity contribution is 5.54. The predicted molar refractivity (Wildman–Crippen MR) is 89.0 cm³/mol. The van der Waals surface area contributed by atoms with Gasteiger partial charge in [-0.1, -0.05) is 12.8 Å². The summed E-state index contributed by atoms with van der Waals surface area (Å²) < 4.78 is 0. The van der Waals surface area contributed by atoms with Crippen LogP contribution in [-0.2, 0) is 11.8 Å². The van der Waals surface area contributed by atoms with E-state index in [1.54, 1.807) is 0 Å². The molecule has 3 aliphatic rings. The van der Waals surface area contributed by atoms with Gasteiger partial charge in [-0.2, -0.15) is 4.98 Å². The number of anilines is 2. The Morgan fingerprint density at radius 1 is 1.18 bits per heavy atom. The molecule has 2 fully saturated rings. The van der Waals surface area contributed by atoms with Gasteiger partial charge in [0, 0.05) is 29.6 Å². The van der Waals surface area contributed by atoms with Crippen molar-refractivity contribution in [3.05, 3.63) is 11.3 Å². The molecule has 1 saturated carbocycles. The van der Waals surface area contributed by atoms with Gasteiger partial charge in [0.15, 0.2) is 0 Å². The van der Waals surface area contributed by atoms with Crippen LogP contribution < -0.4 is 16.4 Å². The second-order valence-electron chi connectivity index (χ2n) is 7.48. The quantitative estimate of drug-likeness (QED) is 0.782. The Morgan fingerprint density at radius 3 is 2.68 bits per heavy atom. The molecule has 1 spiro atoms. The number of nitrogens with zero attached hydrogens (tertiary/aromatic N) is 2. The van der Waals surface area contributed by atoms with Crippen molar-refractivity contribution in [3.63, 3.8) is 0 Å². The Bertz CT molecular complexity index is 564. The molecule has 4 N–H and O–H groups in total. The first-order chi connectivity index (χ1) is 10.7. The number of fused-ring (bicyclic) bond motifs is 2. The fourth-order valence-corrected chi connectivity index (χ4v) is 4.80. The van der Waals surface area contributed by atoms with E-state index in [-0.39, 0.29) is 0 Å². The van der Waals surface area contributed by atoms with Crippen molar-refractivity contribution >= 4 is 11.8 Å². The summed E-state index contributed by atoms with van der Waals surface area (Å²) in [5.74, 6) is 1.45. The third-order valence-electron chi connectivity index (χ3n) is 5.86. The Morgan fingerprint density at radius 2 is 1.95 bits per heavy atom. The largest absolute Gasteiger partial charge is 0.368 e. The summed E-state index contributed by atoms with van der Waals surface area (Å²) in [6.07, 6.45) is 9.98. The van der Waals surface area contributed by atoms with Crippen molar-refractivity contribution < 1.29 is 0 Å². The molecule has 2 heterocycles. The van der Waals surface area contributed by atoms with Crippen molar-refractivity contribution in [1.82, 2.24) is 15.3 Å². The van der Waals surface area contributed by atoms with Crippen molar-refractivity contribution in [1.29, 1.82) is 0 Å². The molecule has 0 amide bonds. The summed E-state index contributed by atoms with van der Waals surface area (Å²) in [6.45, 7) is 3.24. The molecule has 0 aromatic carbocycles. The van der Waals surface area contributed by atoms with Gasteiger partial charge in [0.05, 0.1) is 5.69 Å². The van der Waals surface area contributed by atoms with Crippen LogP contribution in [0.3, 0.4) is 0 Å². The molecule has 2 aliphatic carbocycles. The summed E-state index contributed by atoms with van der Waals surface area (Å²) in [7, 11) is 0. The van der Waals surface area contributed by atoms with Crippen molar-refractivity contribution in [2.75, 3.05) is 17.6 Å². The minimum atomic E-state index is 0.294. The van der Waals surface area contributed by atoms with E-state index in [0.717, 1.165) is 25.2 Å². The molecule has 22 heavy (non-hydrogen) atoms. The average Bonchev–Trinajstić information content (AvgIpc) is 3.11. The van der Waals surface area contributed by atoms with E-state index in [2.05, 4.69) is 22.5 Å². The van der Waals surface area contributed by atoms with Gasteiger partial charge in [0.1, 0.15) is 5.82 Å². The fraction of sp³-hybridized carbons (Fsp3) is 0.765. The van der Waals surface area contributed by atoms with Crippen molar-refractivity contribution in [3.8, 4) is 0 Å². The zero-order valence-corrected chi connectivity index (χ0v) is 13.5. The lowest BCUT2D eigenvalue weighted by molar-refractivity contribution is 0.358. The standard InChI is InChI=1S/C17H27N5/c1-11-9-12(10-19-11)20-15-13-5-4-8-17(6-2-3-7-17)14(13)21-16(18)22-15/h11-12,19H,2-10H2,1H3,(H3,18,20,21,22)/t11-,12-/m1/s1. The Balaban J connectivity index is 1.69. The SMILES string of the molecule is C[C@@H]1C[C@@H](Nc2nc(N)nc3c2CCCC32CCCC2)CN1. The molecule has 0 unspecified atom stereocenters. The summed E-state index contributed by atoms with van der Waals surface area (Å²) in [4.78, 5) is 9.27. The minimum Gasteiger partial charge on any atom is -0.368 e. The number of hydrogen-bond acceptors (Lipinski definition) is 5. The van der Waals surface area contributed by atoms with Gasteiger partial charge in [-0.05, 0) is 45.4 Å². The number of nitrogens with one attached hydrogen (secondary N) is 2. The van der Waals surface area contributed by atoms with E-state index in [0.29, 0.717) is 23.4 Å². The molecular formula is C17H27N5. The van der Waals surface area contributed by atoms with Crippen LogP contribution in [0.1, 0.15) is 63.1 Å². The Hall–Kier alpha value is -1.36. The lowest BCUT2D eigenvalue weighted by Gasteiger charge is -2.35. The first-order valence-electron chi connectivity index (χ1n) is 8.83. The van der Waals surface area contributed by atoms with Gasteiger partial charge < -0.3 is 16.4 Å². The first-order valence-corrected chi connectivity index (χ1v) is 8.83. The van der Waals surface area contributed by atoms with E-state index >= 15 is 0 Å². The van der Waals surface area contributed by atoms with Crippen molar-refractivity contribution in [2.45, 2.75) is 75.8 Å². The Labute approximate surface area is 132 Å². The lowest BCUT2D eigenvalue weighted by atomic mass is 9.71. The van der Waals surface area contributed by atoms with Gasteiger partial charge >= 0.3 is 0 Å². The third kappa shape index (κ3) is 2.35. The van der Waals surface area contributed by atoms with Gasteiger partial charge in [0.2, 0.25) is 5.95 Å². The molecule has 2 atom stereocenters. The smallest absolute Gasteiger partial charge is 0.222 e. The van der Waals surface area contributed by atoms with E-state index < -0.39 is 0 Å². The molecule has 5 heteroatoms. The summed E-state index contributed by atoms with van der Waals surface area (Å²) in [5, 5.41) is 7.15. The minimum absolute atomic E-state index is 0.294. The highest BCUT2D eigenvalue weighted by atomic mass is 15.1. The van der Waals surface area contributed by atoms with Crippen LogP contribution in [0.15, 0.2) is 0 Å². The zero-order chi connectivity index (χ0) is 15.2. The third-order valence-corrected chi connectivity index (χ3v) is 5.86. The van der Waals surface area contributed by atoms with Crippen molar-refractivity contribution in [2.24, 2.45) is 0 Å². The molecule has 5 nitrogen and oxygen atoms in total. The van der Waals surface area contributed by atoms with Gasteiger partial charge in [-0.3, -0.25) is 0 Å². The summed E-state index contributed by atoms with van der Waals surface area (Å²) in [6, 6.07) is 1.03. The van der Waals surface area contributed by atoms with Crippen LogP contribution in [0.5, 0.6) is 0 Å². The second kappa shape index (κ2) is 5.37. The van der Waals surface area contributed by atoms with Crippen LogP contribution in [0, 0.1) is 0 Å². The van der Waals surface area contributed by atoms with Crippen LogP contribution in [0.25, 0.3) is 0 Å². The maximum absolute atomic E-state index is 6.06. The topological polar surface area (TPSA) is 75.9 Å². The van der Waals surface area contributed by atoms with E-state index in [9.17, 15) is 0 Å². The number of aromatic nitrogens is 2. The summed E-state index contributed by atoms with van der Waals surface area (Å²) in [5.41, 5.74) is 8.97. The van der Waals surface area contributed by atoms with Gasteiger partial charge in [-0.15, -0.1) is 0 Å². The molecular weight excluding hydrogens is 274 g/mol. The number of nitrogens with two attached hydrogens (primary N) is 1. The Kier molecular flexibility index (Phi) is 3.48. The van der Waals surface area contributed by atoms with Crippen LogP contribution in [0.2, 0.25) is 0 Å². The maximum Gasteiger partial charge on any atom is 0.222 e. The normalized spacial score (nSPS) is 29.7. The maximum atomic E-state index is 6.06. The number of hydrogen-bond donors (Lipinski definition) is 3. The van der Waals surface area contributed by atoms with Crippen LogP contribution >= 0.6 is 0 Å². The fourth-order valence-electron chi connectivity index (χ4n) is 4.80. The molecule has 1 aromatic rings. The predicted octanol–water partition coefficient (Wildman–Crippen LogP) is 2.37. The first kappa shape index (κ1) is 14.2. The average molecular weight is 301 g/mol.